The first-order valence-electron chi connectivity index (χ1n) is 8.65. The number of nitrogens with one attached hydrogen (secondary N) is 1. The second-order valence-corrected chi connectivity index (χ2v) is 7.04. The number of fused-ring (bicyclic) bond motifs is 1. The summed E-state index contributed by atoms with van der Waals surface area (Å²) < 4.78 is 0. The highest BCUT2D eigenvalue weighted by atomic mass is 16.2. The van der Waals surface area contributed by atoms with Crippen molar-refractivity contribution < 1.29 is 4.79 Å². The number of H-pyrrole nitrogens is 1. The summed E-state index contributed by atoms with van der Waals surface area (Å²) in [5, 5.41) is 1.16. The third-order valence-corrected chi connectivity index (χ3v) is 5.90. The van der Waals surface area contributed by atoms with Crippen LogP contribution in [0.5, 0.6) is 0 Å². The first kappa shape index (κ1) is 14.7. The Balaban J connectivity index is 1.56. The Morgan fingerprint density at radius 3 is 2.83 bits per heavy atom. The summed E-state index contributed by atoms with van der Waals surface area (Å²) in [5.74, 6) is 0.653. The number of aromatic nitrogens is 2. The number of hydrogen-bond acceptors (Lipinski definition) is 3. The zero-order valence-corrected chi connectivity index (χ0v) is 13.4. The molecule has 3 heterocycles. The van der Waals surface area contributed by atoms with E-state index in [4.69, 9.17) is 5.73 Å². The molecular weight excluding hydrogens is 288 g/mol. The number of pyridine rings is 1. The first-order valence-corrected chi connectivity index (χ1v) is 8.65. The zero-order chi connectivity index (χ0) is 15.9. The smallest absolute Gasteiger partial charge is 0.225 e. The Labute approximate surface area is 136 Å². The maximum Gasteiger partial charge on any atom is 0.225 e. The standard InChI is InChI=1S/C18H24N4O/c19-12-18(15-11-21-16-14(15)5-2-8-20-16)6-9-22(10-7-18)17(23)13-3-1-4-13/h2,5,8,11,13H,1,3-4,6-7,9-10,12,19H2,(H,20,21). The molecule has 2 aliphatic rings. The molecule has 0 spiro atoms. The first-order chi connectivity index (χ1) is 11.2. The lowest BCUT2D eigenvalue weighted by molar-refractivity contribution is -0.139. The van der Waals surface area contributed by atoms with E-state index in [-0.39, 0.29) is 11.3 Å². The fourth-order valence-corrected chi connectivity index (χ4v) is 4.05. The van der Waals surface area contributed by atoms with Crippen LogP contribution < -0.4 is 5.73 Å². The number of aromatic amines is 1. The molecule has 0 aromatic carbocycles. The molecule has 1 aliphatic heterocycles. The molecule has 0 radical (unpaired) electrons. The van der Waals surface area contributed by atoms with Gasteiger partial charge in [0.05, 0.1) is 0 Å². The number of rotatable bonds is 3. The van der Waals surface area contributed by atoms with Crippen molar-refractivity contribution in [3.63, 3.8) is 0 Å². The summed E-state index contributed by atoms with van der Waals surface area (Å²) >= 11 is 0. The molecule has 3 N–H and O–H groups in total. The number of hydrogen-bond donors (Lipinski definition) is 2. The third-order valence-electron chi connectivity index (χ3n) is 5.90. The fraction of sp³-hybridized carbons (Fsp3) is 0.556. The molecule has 5 nitrogen and oxygen atoms in total. The van der Waals surface area contributed by atoms with Crippen molar-refractivity contribution in [2.45, 2.75) is 37.5 Å². The zero-order valence-electron chi connectivity index (χ0n) is 13.4. The van der Waals surface area contributed by atoms with Gasteiger partial charge in [-0.25, -0.2) is 4.98 Å². The largest absolute Gasteiger partial charge is 0.346 e. The van der Waals surface area contributed by atoms with E-state index in [2.05, 4.69) is 27.1 Å². The Morgan fingerprint density at radius 1 is 1.39 bits per heavy atom. The average molecular weight is 312 g/mol. The minimum Gasteiger partial charge on any atom is -0.346 e. The van der Waals surface area contributed by atoms with Crippen molar-refractivity contribution in [2.75, 3.05) is 19.6 Å². The van der Waals surface area contributed by atoms with E-state index >= 15 is 0 Å². The van der Waals surface area contributed by atoms with Gasteiger partial charge in [-0.3, -0.25) is 4.79 Å². The van der Waals surface area contributed by atoms with Crippen LogP contribution in [0.1, 0.15) is 37.7 Å². The van der Waals surface area contributed by atoms with Crippen LogP contribution in [-0.4, -0.2) is 40.4 Å². The monoisotopic (exact) mass is 312 g/mol. The normalized spacial score (nSPS) is 21.3. The summed E-state index contributed by atoms with van der Waals surface area (Å²) in [6.45, 7) is 2.25. The number of nitrogens with zero attached hydrogens (tertiary/aromatic N) is 2. The molecule has 23 heavy (non-hydrogen) atoms. The van der Waals surface area contributed by atoms with Gasteiger partial charge in [0.2, 0.25) is 5.91 Å². The van der Waals surface area contributed by atoms with Gasteiger partial charge in [-0.2, -0.15) is 0 Å². The molecule has 2 fully saturated rings. The number of piperidine rings is 1. The van der Waals surface area contributed by atoms with E-state index < -0.39 is 0 Å². The third kappa shape index (κ3) is 2.34. The molecule has 1 saturated carbocycles. The van der Waals surface area contributed by atoms with E-state index in [1.54, 1.807) is 6.20 Å². The lowest BCUT2D eigenvalue weighted by Crippen LogP contribution is -2.50. The van der Waals surface area contributed by atoms with Crippen LogP contribution in [0.15, 0.2) is 24.5 Å². The molecule has 0 atom stereocenters. The molecule has 1 saturated heterocycles. The molecule has 2 aromatic heterocycles. The molecule has 4 rings (SSSR count). The summed E-state index contributed by atoms with van der Waals surface area (Å²) in [6, 6.07) is 4.08. The van der Waals surface area contributed by atoms with Gasteiger partial charge in [0.25, 0.3) is 0 Å². The van der Waals surface area contributed by atoms with Crippen LogP contribution in [-0.2, 0) is 10.2 Å². The highest BCUT2D eigenvalue weighted by Gasteiger charge is 2.39. The van der Waals surface area contributed by atoms with Crippen LogP contribution in [0.2, 0.25) is 0 Å². The molecule has 1 aliphatic carbocycles. The Kier molecular flexibility index (Phi) is 3.60. The van der Waals surface area contributed by atoms with Gasteiger partial charge < -0.3 is 15.6 Å². The minimum absolute atomic E-state index is 0.0440. The number of carbonyl (C=O) groups is 1. The Morgan fingerprint density at radius 2 is 2.17 bits per heavy atom. The number of carbonyl (C=O) groups excluding carboxylic acids is 1. The van der Waals surface area contributed by atoms with Crippen molar-refractivity contribution >= 4 is 16.9 Å². The lowest BCUT2D eigenvalue weighted by Gasteiger charge is -2.43. The molecule has 2 aromatic rings. The minimum atomic E-state index is -0.0440. The van der Waals surface area contributed by atoms with Crippen LogP contribution in [0, 0.1) is 5.92 Å². The fourth-order valence-electron chi connectivity index (χ4n) is 4.05. The highest BCUT2D eigenvalue weighted by Crippen LogP contribution is 2.39. The maximum absolute atomic E-state index is 12.5. The maximum atomic E-state index is 12.5. The average Bonchev–Trinajstić information content (AvgIpc) is 2.98. The molecule has 5 heteroatoms. The number of nitrogens with two attached hydrogens (primary N) is 1. The van der Waals surface area contributed by atoms with E-state index in [0.717, 1.165) is 49.8 Å². The summed E-state index contributed by atoms with van der Waals surface area (Å²) in [6.07, 6.45) is 9.09. The van der Waals surface area contributed by atoms with Crippen molar-refractivity contribution in [2.24, 2.45) is 11.7 Å². The van der Waals surface area contributed by atoms with E-state index in [1.165, 1.54) is 12.0 Å². The topological polar surface area (TPSA) is 75.0 Å². The van der Waals surface area contributed by atoms with Crippen LogP contribution in [0.25, 0.3) is 11.0 Å². The van der Waals surface area contributed by atoms with Crippen LogP contribution >= 0.6 is 0 Å². The lowest BCUT2D eigenvalue weighted by atomic mass is 9.72. The van der Waals surface area contributed by atoms with Crippen molar-refractivity contribution in [1.82, 2.24) is 14.9 Å². The number of amides is 1. The van der Waals surface area contributed by atoms with Crippen LogP contribution in [0.3, 0.4) is 0 Å². The van der Waals surface area contributed by atoms with Gasteiger partial charge in [-0.15, -0.1) is 0 Å². The molecule has 122 valence electrons. The van der Waals surface area contributed by atoms with E-state index in [0.29, 0.717) is 12.5 Å². The van der Waals surface area contributed by atoms with Gasteiger partial charge in [0.15, 0.2) is 0 Å². The predicted octanol–water partition coefficient (Wildman–Crippen LogP) is 2.18. The van der Waals surface area contributed by atoms with Crippen LogP contribution in [0.4, 0.5) is 0 Å². The number of likely N-dealkylation sites (tertiary alicyclic amines) is 1. The highest BCUT2D eigenvalue weighted by molar-refractivity contribution is 5.82. The quantitative estimate of drug-likeness (QED) is 0.912. The van der Waals surface area contributed by atoms with Crippen molar-refractivity contribution in [3.05, 3.63) is 30.1 Å². The molecule has 0 unspecified atom stereocenters. The summed E-state index contributed by atoms with van der Waals surface area (Å²) in [7, 11) is 0. The second kappa shape index (κ2) is 5.64. The Bertz CT molecular complexity index is 711. The van der Waals surface area contributed by atoms with Gasteiger partial charge in [-0.05, 0) is 43.4 Å². The van der Waals surface area contributed by atoms with Gasteiger partial charge in [0.1, 0.15) is 5.65 Å². The molecule has 0 bridgehead atoms. The Hall–Kier alpha value is -1.88. The van der Waals surface area contributed by atoms with Gasteiger partial charge in [0, 0.05) is 48.7 Å². The van der Waals surface area contributed by atoms with E-state index in [1.807, 2.05) is 6.07 Å². The van der Waals surface area contributed by atoms with Gasteiger partial charge in [-0.1, -0.05) is 6.42 Å². The van der Waals surface area contributed by atoms with Gasteiger partial charge >= 0.3 is 0 Å². The summed E-state index contributed by atoms with van der Waals surface area (Å²) in [5.41, 5.74) is 8.34. The predicted molar refractivity (Wildman–Crippen MR) is 90.0 cm³/mol. The van der Waals surface area contributed by atoms with Crippen molar-refractivity contribution in [3.8, 4) is 0 Å². The molecule has 1 amide bonds. The summed E-state index contributed by atoms with van der Waals surface area (Å²) in [4.78, 5) is 22.2. The van der Waals surface area contributed by atoms with E-state index in [9.17, 15) is 4.79 Å². The van der Waals surface area contributed by atoms with Crippen molar-refractivity contribution in [1.29, 1.82) is 0 Å². The second-order valence-electron chi connectivity index (χ2n) is 7.04. The molecular formula is C18H24N4O. The SMILES string of the molecule is NCC1(c2c[nH]c3ncccc23)CCN(C(=O)C2CCC2)CC1.